The van der Waals surface area contributed by atoms with Gasteiger partial charge in [-0.1, -0.05) is 41.5 Å². The van der Waals surface area contributed by atoms with E-state index in [2.05, 4.69) is 40.9 Å². The lowest BCUT2D eigenvalue weighted by Gasteiger charge is -2.34. The Kier molecular flexibility index (Phi) is 6.81. The molecule has 1 aromatic heterocycles. The summed E-state index contributed by atoms with van der Waals surface area (Å²) >= 11 is 0. The average molecular weight is 468 g/mol. The Morgan fingerprint density at radius 3 is 2.11 bits per heavy atom. The predicted molar refractivity (Wildman–Crippen MR) is 133 cm³/mol. The van der Waals surface area contributed by atoms with Crippen LogP contribution < -0.4 is 10.2 Å². The van der Waals surface area contributed by atoms with E-state index in [0.717, 1.165) is 48.9 Å². The maximum absolute atomic E-state index is 12.6. The van der Waals surface area contributed by atoms with Crippen molar-refractivity contribution < 1.29 is 4.79 Å². The standard InChI is InChI=1S/C25H25N9O/c35-24(26-20-11-13-22(14-12-20)28-27-21-7-3-1-4-8-21)19-32-15-17-33(18-16-32)25-29-30-31-34(25)23-9-5-2-6-10-23/h1-14H,15-19H2,(H,26,35). The molecular formula is C25H25N9O. The van der Waals surface area contributed by atoms with Crippen molar-refractivity contribution in [1.82, 2.24) is 25.1 Å². The van der Waals surface area contributed by atoms with Crippen molar-refractivity contribution in [2.24, 2.45) is 10.2 Å². The first-order valence-corrected chi connectivity index (χ1v) is 11.4. The molecule has 10 heteroatoms. The number of hydrogen-bond donors (Lipinski definition) is 1. The lowest BCUT2D eigenvalue weighted by molar-refractivity contribution is -0.117. The molecule has 0 radical (unpaired) electrons. The summed E-state index contributed by atoms with van der Waals surface area (Å²) in [5.41, 5.74) is 3.17. The Bertz CT molecular complexity index is 1270. The number of tetrazole rings is 1. The molecule has 0 spiro atoms. The van der Waals surface area contributed by atoms with Gasteiger partial charge in [0, 0.05) is 31.9 Å². The zero-order chi connectivity index (χ0) is 23.9. The molecule has 1 amide bonds. The summed E-state index contributed by atoms with van der Waals surface area (Å²) in [6, 6.07) is 26.7. The SMILES string of the molecule is O=C(CN1CCN(c2nnnn2-c2ccccc2)CC1)Nc1ccc(N=Nc2ccccc2)cc1. The Balaban J connectivity index is 1.11. The number of anilines is 2. The van der Waals surface area contributed by atoms with Crippen LogP contribution in [0.4, 0.5) is 23.0 Å². The van der Waals surface area contributed by atoms with Gasteiger partial charge in [-0.05, 0) is 59.0 Å². The highest BCUT2D eigenvalue weighted by Crippen LogP contribution is 2.20. The molecule has 1 N–H and O–H groups in total. The number of amides is 1. The number of aromatic nitrogens is 4. The van der Waals surface area contributed by atoms with Crippen molar-refractivity contribution in [1.29, 1.82) is 0 Å². The molecule has 1 fully saturated rings. The van der Waals surface area contributed by atoms with Gasteiger partial charge in [0.25, 0.3) is 0 Å². The maximum Gasteiger partial charge on any atom is 0.250 e. The zero-order valence-electron chi connectivity index (χ0n) is 19.1. The van der Waals surface area contributed by atoms with Crippen LogP contribution in [0.1, 0.15) is 0 Å². The lowest BCUT2D eigenvalue weighted by Crippen LogP contribution is -2.49. The van der Waals surface area contributed by atoms with Gasteiger partial charge in [-0.15, -0.1) is 0 Å². The number of carbonyl (C=O) groups excluding carboxylic acids is 1. The van der Waals surface area contributed by atoms with Crippen LogP contribution in [0.15, 0.2) is 95.2 Å². The molecule has 1 saturated heterocycles. The van der Waals surface area contributed by atoms with Crippen molar-refractivity contribution in [3.05, 3.63) is 84.9 Å². The van der Waals surface area contributed by atoms with Crippen LogP contribution >= 0.6 is 0 Å². The van der Waals surface area contributed by atoms with E-state index in [-0.39, 0.29) is 5.91 Å². The van der Waals surface area contributed by atoms with Crippen LogP contribution in [-0.4, -0.2) is 63.7 Å². The van der Waals surface area contributed by atoms with E-state index >= 15 is 0 Å². The molecule has 4 aromatic rings. The number of carbonyl (C=O) groups is 1. The molecule has 2 heterocycles. The second-order valence-corrected chi connectivity index (χ2v) is 8.12. The van der Waals surface area contributed by atoms with Gasteiger partial charge in [0.1, 0.15) is 0 Å². The predicted octanol–water partition coefficient (Wildman–Crippen LogP) is 3.84. The van der Waals surface area contributed by atoms with Crippen LogP contribution in [-0.2, 0) is 4.79 Å². The minimum atomic E-state index is -0.0498. The second kappa shape index (κ2) is 10.7. The van der Waals surface area contributed by atoms with E-state index < -0.39 is 0 Å². The summed E-state index contributed by atoms with van der Waals surface area (Å²) in [5, 5.41) is 23.6. The molecule has 1 aliphatic rings. The third-order valence-electron chi connectivity index (χ3n) is 5.66. The van der Waals surface area contributed by atoms with E-state index in [1.807, 2.05) is 84.9 Å². The van der Waals surface area contributed by atoms with Gasteiger partial charge >= 0.3 is 0 Å². The lowest BCUT2D eigenvalue weighted by atomic mass is 10.2. The van der Waals surface area contributed by atoms with Gasteiger partial charge in [-0.3, -0.25) is 9.69 Å². The van der Waals surface area contributed by atoms with Crippen LogP contribution in [0.25, 0.3) is 5.69 Å². The summed E-state index contributed by atoms with van der Waals surface area (Å²) in [4.78, 5) is 16.9. The molecule has 1 aliphatic heterocycles. The summed E-state index contributed by atoms with van der Waals surface area (Å²) in [7, 11) is 0. The van der Waals surface area contributed by atoms with Gasteiger partial charge in [0.2, 0.25) is 11.9 Å². The van der Waals surface area contributed by atoms with Gasteiger partial charge in [-0.25, -0.2) is 0 Å². The Hall–Kier alpha value is -4.44. The normalized spacial score (nSPS) is 14.3. The number of rotatable bonds is 7. The molecule has 0 atom stereocenters. The molecule has 5 rings (SSSR count). The summed E-state index contributed by atoms with van der Waals surface area (Å²) < 4.78 is 1.74. The highest BCUT2D eigenvalue weighted by Gasteiger charge is 2.23. The van der Waals surface area contributed by atoms with Gasteiger partial charge in [-0.2, -0.15) is 14.9 Å². The molecule has 0 aliphatic carbocycles. The molecular weight excluding hydrogens is 442 g/mol. The third-order valence-corrected chi connectivity index (χ3v) is 5.66. The summed E-state index contributed by atoms with van der Waals surface area (Å²) in [5.74, 6) is 0.663. The van der Waals surface area contributed by atoms with Gasteiger partial charge < -0.3 is 10.2 Å². The molecule has 3 aromatic carbocycles. The van der Waals surface area contributed by atoms with Crippen molar-refractivity contribution >= 4 is 28.9 Å². The largest absolute Gasteiger partial charge is 0.337 e. The monoisotopic (exact) mass is 467 g/mol. The fraction of sp³-hybridized carbons (Fsp3) is 0.200. The van der Waals surface area contributed by atoms with E-state index in [1.165, 1.54) is 0 Å². The Morgan fingerprint density at radius 2 is 1.43 bits per heavy atom. The van der Waals surface area contributed by atoms with Crippen molar-refractivity contribution in [3.8, 4) is 5.69 Å². The topological polar surface area (TPSA) is 104 Å². The van der Waals surface area contributed by atoms with Crippen LogP contribution in [0.2, 0.25) is 0 Å². The van der Waals surface area contributed by atoms with Gasteiger partial charge in [0.15, 0.2) is 0 Å². The van der Waals surface area contributed by atoms with Crippen LogP contribution in [0.3, 0.4) is 0 Å². The fourth-order valence-electron chi connectivity index (χ4n) is 3.85. The number of hydrogen-bond acceptors (Lipinski definition) is 8. The second-order valence-electron chi connectivity index (χ2n) is 8.12. The first kappa shape index (κ1) is 22.4. The minimum Gasteiger partial charge on any atom is -0.337 e. The summed E-state index contributed by atoms with van der Waals surface area (Å²) in [6.45, 7) is 3.29. The van der Waals surface area contributed by atoms with Crippen molar-refractivity contribution in [2.75, 3.05) is 42.9 Å². The zero-order valence-corrected chi connectivity index (χ0v) is 19.1. The number of azo groups is 1. The molecule has 10 nitrogen and oxygen atoms in total. The quantitative estimate of drug-likeness (QED) is 0.414. The number of para-hydroxylation sites is 1. The Morgan fingerprint density at radius 1 is 0.800 bits per heavy atom. The third kappa shape index (κ3) is 5.74. The highest BCUT2D eigenvalue weighted by molar-refractivity contribution is 5.92. The summed E-state index contributed by atoms with van der Waals surface area (Å²) in [6.07, 6.45) is 0. The van der Waals surface area contributed by atoms with Crippen LogP contribution in [0.5, 0.6) is 0 Å². The smallest absolute Gasteiger partial charge is 0.250 e. The van der Waals surface area contributed by atoms with E-state index in [4.69, 9.17) is 0 Å². The molecule has 0 bridgehead atoms. The maximum atomic E-state index is 12.6. The highest BCUT2D eigenvalue weighted by atomic mass is 16.2. The average Bonchev–Trinajstić information content (AvgIpc) is 3.40. The van der Waals surface area contributed by atoms with E-state index in [0.29, 0.717) is 12.5 Å². The van der Waals surface area contributed by atoms with E-state index in [1.54, 1.807) is 4.68 Å². The number of nitrogens with zero attached hydrogens (tertiary/aromatic N) is 8. The Labute approximate surface area is 202 Å². The molecule has 0 unspecified atom stereocenters. The minimum absolute atomic E-state index is 0.0498. The molecule has 0 saturated carbocycles. The number of nitrogens with one attached hydrogen (secondary N) is 1. The van der Waals surface area contributed by atoms with Crippen molar-refractivity contribution in [2.45, 2.75) is 0 Å². The first-order valence-electron chi connectivity index (χ1n) is 11.4. The fourth-order valence-corrected chi connectivity index (χ4v) is 3.85. The number of benzene rings is 3. The van der Waals surface area contributed by atoms with E-state index in [9.17, 15) is 4.79 Å². The van der Waals surface area contributed by atoms with Crippen LogP contribution in [0, 0.1) is 0 Å². The molecule has 35 heavy (non-hydrogen) atoms. The molecule has 176 valence electrons. The number of piperazine rings is 1. The first-order chi connectivity index (χ1) is 17.2. The van der Waals surface area contributed by atoms with Crippen molar-refractivity contribution in [3.63, 3.8) is 0 Å². The van der Waals surface area contributed by atoms with Gasteiger partial charge in [0.05, 0.1) is 23.6 Å².